The van der Waals surface area contributed by atoms with Crippen molar-refractivity contribution < 1.29 is 19.4 Å². The quantitative estimate of drug-likeness (QED) is 0.628. The number of rotatable bonds is 6. The van der Waals surface area contributed by atoms with E-state index >= 15 is 0 Å². The van der Waals surface area contributed by atoms with Gasteiger partial charge in [-0.05, 0) is 43.6 Å². The third-order valence-electron chi connectivity index (χ3n) is 7.28. The van der Waals surface area contributed by atoms with E-state index in [-0.39, 0.29) is 41.0 Å². The maximum atomic E-state index is 13.1. The summed E-state index contributed by atoms with van der Waals surface area (Å²) >= 11 is 0. The van der Waals surface area contributed by atoms with Gasteiger partial charge < -0.3 is 20.1 Å². The first kappa shape index (κ1) is 20.5. The fourth-order valence-electron chi connectivity index (χ4n) is 4.84. The second-order valence-corrected chi connectivity index (χ2v) is 10.2. The number of carbonyl (C=O) groups excluding carboxylic acids is 2. The van der Waals surface area contributed by atoms with E-state index in [4.69, 9.17) is 4.74 Å². The summed E-state index contributed by atoms with van der Waals surface area (Å²) in [4.78, 5) is 40.4. The predicted molar refractivity (Wildman–Crippen MR) is 118 cm³/mol. The van der Waals surface area contributed by atoms with Crippen LogP contribution in [-0.2, 0) is 16.1 Å². The third kappa shape index (κ3) is 3.52. The van der Waals surface area contributed by atoms with Crippen molar-refractivity contribution in [1.82, 2.24) is 24.4 Å². The van der Waals surface area contributed by atoms with Crippen LogP contribution in [0.1, 0.15) is 54.9 Å². The summed E-state index contributed by atoms with van der Waals surface area (Å²) in [6, 6.07) is 0.162. The van der Waals surface area contributed by atoms with Gasteiger partial charge in [0.1, 0.15) is 5.65 Å². The second kappa shape index (κ2) is 7.18. The molecule has 0 radical (unpaired) electrons. The molecule has 33 heavy (non-hydrogen) atoms. The lowest BCUT2D eigenvalue weighted by molar-refractivity contribution is -0.130. The number of hydrogen-bond acceptors (Lipinski definition) is 6. The molecule has 2 aromatic heterocycles. The number of morpholine rings is 1. The molecular formula is C23H27N5O5. The Morgan fingerprint density at radius 1 is 1.36 bits per heavy atom. The Kier molecular flexibility index (Phi) is 4.45. The van der Waals surface area contributed by atoms with Gasteiger partial charge in [-0.2, -0.15) is 9.61 Å². The lowest BCUT2D eigenvalue weighted by atomic mass is 10.1. The van der Waals surface area contributed by atoms with E-state index in [0.29, 0.717) is 30.9 Å². The normalized spacial score (nSPS) is 25.3. The number of likely N-dealkylation sites (tertiary alicyclic amines) is 1. The molecule has 10 nitrogen and oxygen atoms in total. The van der Waals surface area contributed by atoms with Crippen LogP contribution in [0.2, 0.25) is 0 Å². The first-order valence-corrected chi connectivity index (χ1v) is 11.6. The van der Waals surface area contributed by atoms with Gasteiger partial charge in [-0.15, -0.1) is 0 Å². The fourth-order valence-corrected chi connectivity index (χ4v) is 4.84. The van der Waals surface area contributed by atoms with Crippen LogP contribution < -0.4 is 10.9 Å². The van der Waals surface area contributed by atoms with Crippen molar-refractivity contribution in [1.29, 1.82) is 0 Å². The van der Waals surface area contributed by atoms with E-state index in [1.54, 1.807) is 10.6 Å². The molecule has 2 aliphatic heterocycles. The molecule has 4 fully saturated rings. The highest BCUT2D eigenvalue weighted by atomic mass is 16.5. The van der Waals surface area contributed by atoms with Gasteiger partial charge in [0.05, 0.1) is 24.9 Å². The molecule has 6 rings (SSSR count). The van der Waals surface area contributed by atoms with Crippen LogP contribution in [0.25, 0.3) is 11.7 Å². The number of hydrogen-bond donors (Lipinski definition) is 2. The molecule has 4 heterocycles. The molecule has 2 saturated heterocycles. The van der Waals surface area contributed by atoms with E-state index in [0.717, 1.165) is 36.6 Å². The Balaban J connectivity index is 1.39. The first-order valence-electron chi connectivity index (χ1n) is 11.6. The minimum Gasteiger partial charge on any atom is -0.494 e. The Bertz CT molecular complexity index is 1250. The van der Waals surface area contributed by atoms with E-state index in [9.17, 15) is 19.5 Å². The van der Waals surface area contributed by atoms with E-state index in [1.165, 1.54) is 12.3 Å². The van der Waals surface area contributed by atoms with Crippen LogP contribution in [0.15, 0.2) is 17.1 Å². The van der Waals surface area contributed by atoms with Crippen molar-refractivity contribution in [2.45, 2.75) is 63.8 Å². The van der Waals surface area contributed by atoms with Gasteiger partial charge in [-0.3, -0.25) is 19.0 Å². The van der Waals surface area contributed by atoms with Crippen LogP contribution in [-0.4, -0.2) is 67.3 Å². The molecule has 2 bridgehead atoms. The summed E-state index contributed by atoms with van der Waals surface area (Å²) in [5.41, 5.74) is -0.0643. The van der Waals surface area contributed by atoms with Gasteiger partial charge in [-0.25, -0.2) is 0 Å². The monoisotopic (exact) mass is 453 g/mol. The van der Waals surface area contributed by atoms with Crippen molar-refractivity contribution >= 4 is 23.5 Å². The molecule has 2 atom stereocenters. The fraction of sp³-hybridized carbons (Fsp3) is 0.565. The summed E-state index contributed by atoms with van der Waals surface area (Å²) in [6.07, 6.45) is 9.32. The van der Waals surface area contributed by atoms with Gasteiger partial charge >= 0.3 is 0 Å². The number of fused-ring (bicyclic) bond motifs is 3. The minimum absolute atomic E-state index is 0.0207. The van der Waals surface area contributed by atoms with Crippen molar-refractivity contribution in [3.63, 3.8) is 0 Å². The first-order chi connectivity index (χ1) is 15.8. The molecule has 2 aliphatic carbocycles. The Morgan fingerprint density at radius 3 is 2.79 bits per heavy atom. The van der Waals surface area contributed by atoms with E-state index < -0.39 is 11.5 Å². The standard InChI is InChI=1S/C23H27N5O5/c1-23(6-7-23)12-27-20-13(2-5-17(29)26-10-16-8-15(26)11-33-16)9-24-28(20)22(32)18(21(27)31)19(30)25-14-3-4-14/h2,5,9,14-16,31H,3-4,6-8,10-12H2,1H3,(H,25,30)/b5-2+/t15-,16-/m1/s1. The Hall–Kier alpha value is -3.14. The number of amides is 2. The van der Waals surface area contributed by atoms with Crippen LogP contribution >= 0.6 is 0 Å². The molecule has 2 saturated carbocycles. The minimum atomic E-state index is -0.669. The second-order valence-electron chi connectivity index (χ2n) is 10.2. The average Bonchev–Trinajstić information content (AvgIpc) is 3.57. The summed E-state index contributed by atoms with van der Waals surface area (Å²) in [6.45, 7) is 3.70. The Labute approximate surface area is 189 Å². The van der Waals surface area contributed by atoms with Crippen molar-refractivity contribution in [3.8, 4) is 5.88 Å². The predicted octanol–water partition coefficient (Wildman–Crippen LogP) is 0.907. The largest absolute Gasteiger partial charge is 0.494 e. The molecule has 0 unspecified atom stereocenters. The number of carbonyl (C=O) groups is 2. The van der Waals surface area contributed by atoms with Crippen LogP contribution in [0.5, 0.6) is 5.88 Å². The molecule has 10 heteroatoms. The lowest BCUT2D eigenvalue weighted by Gasteiger charge is -2.25. The number of aromatic hydroxyl groups is 1. The summed E-state index contributed by atoms with van der Waals surface area (Å²) in [5.74, 6) is -1.04. The molecule has 0 spiro atoms. The Morgan fingerprint density at radius 2 is 2.15 bits per heavy atom. The SMILES string of the molecule is CC1(Cn2c(O)c(C(=O)NC3CC3)c(=O)n3ncc(/C=C/C(=O)N4C[C@H]5C[C@@H]4CO5)c23)CC1. The van der Waals surface area contributed by atoms with Crippen LogP contribution in [0.4, 0.5) is 0 Å². The van der Waals surface area contributed by atoms with Gasteiger partial charge in [0.2, 0.25) is 11.8 Å². The van der Waals surface area contributed by atoms with E-state index in [2.05, 4.69) is 17.3 Å². The average molecular weight is 453 g/mol. The zero-order valence-electron chi connectivity index (χ0n) is 18.5. The highest BCUT2D eigenvalue weighted by Gasteiger charge is 2.41. The molecule has 2 N–H and O–H groups in total. The summed E-state index contributed by atoms with van der Waals surface area (Å²) in [7, 11) is 0. The number of ether oxygens (including phenoxy) is 1. The topological polar surface area (TPSA) is 118 Å². The lowest BCUT2D eigenvalue weighted by Crippen LogP contribution is -2.40. The highest BCUT2D eigenvalue weighted by Crippen LogP contribution is 2.47. The zero-order chi connectivity index (χ0) is 22.9. The van der Waals surface area contributed by atoms with Gasteiger partial charge in [0.25, 0.3) is 11.5 Å². The summed E-state index contributed by atoms with van der Waals surface area (Å²) < 4.78 is 8.32. The molecule has 174 valence electrons. The number of aromatic nitrogens is 3. The highest BCUT2D eigenvalue weighted by molar-refractivity contribution is 5.97. The van der Waals surface area contributed by atoms with Crippen LogP contribution in [0.3, 0.4) is 0 Å². The smallest absolute Gasteiger partial charge is 0.291 e. The molecule has 2 amide bonds. The molecule has 2 aromatic rings. The third-order valence-corrected chi connectivity index (χ3v) is 7.28. The summed E-state index contributed by atoms with van der Waals surface area (Å²) in [5, 5.41) is 18.1. The van der Waals surface area contributed by atoms with Gasteiger partial charge in [0, 0.05) is 30.8 Å². The van der Waals surface area contributed by atoms with Gasteiger partial charge in [0.15, 0.2) is 5.56 Å². The number of nitrogens with one attached hydrogen (secondary N) is 1. The van der Waals surface area contributed by atoms with E-state index in [1.807, 2.05) is 4.90 Å². The maximum Gasteiger partial charge on any atom is 0.291 e. The van der Waals surface area contributed by atoms with Crippen LogP contribution in [0, 0.1) is 5.41 Å². The molecule has 0 aromatic carbocycles. The van der Waals surface area contributed by atoms with Gasteiger partial charge in [-0.1, -0.05) is 6.92 Å². The zero-order valence-corrected chi connectivity index (χ0v) is 18.5. The van der Waals surface area contributed by atoms with Crippen molar-refractivity contribution in [2.24, 2.45) is 5.41 Å². The maximum absolute atomic E-state index is 13.1. The molecular weight excluding hydrogens is 426 g/mol. The van der Waals surface area contributed by atoms with Crippen molar-refractivity contribution in [2.75, 3.05) is 13.2 Å². The van der Waals surface area contributed by atoms with Crippen molar-refractivity contribution in [3.05, 3.63) is 33.8 Å². The number of nitrogens with zero attached hydrogens (tertiary/aromatic N) is 4. The molecule has 4 aliphatic rings.